The molecule has 0 amide bonds. The molecule has 6 heteroatoms. The number of carbonyl (C=O) groups excluding carboxylic acids is 1. The molecule has 2 unspecified atom stereocenters. The van der Waals surface area contributed by atoms with Crippen LogP contribution in [0.2, 0.25) is 0 Å². The summed E-state index contributed by atoms with van der Waals surface area (Å²) < 4.78 is 4.88. The number of carbonyl (C=O) groups is 1. The fourth-order valence-corrected chi connectivity index (χ4v) is 1.75. The van der Waals surface area contributed by atoms with Crippen LogP contribution in [-0.2, 0) is 16.0 Å². The lowest BCUT2D eigenvalue weighted by atomic mass is 9.94. The van der Waals surface area contributed by atoms with Crippen molar-refractivity contribution in [2.75, 3.05) is 6.61 Å². The Balaban J connectivity index is 2.87. The van der Waals surface area contributed by atoms with Crippen LogP contribution < -0.4 is 0 Å². The average molecular weight is 267 g/mol. The lowest BCUT2D eigenvalue weighted by molar-refractivity contribution is -0.384. The Morgan fingerprint density at radius 3 is 2.74 bits per heavy atom. The summed E-state index contributed by atoms with van der Waals surface area (Å²) in [6.07, 6.45) is -0.670. The van der Waals surface area contributed by atoms with Gasteiger partial charge in [-0.05, 0) is 25.8 Å². The van der Waals surface area contributed by atoms with Crippen LogP contribution in [0.3, 0.4) is 0 Å². The Kier molecular flexibility index (Phi) is 5.44. The van der Waals surface area contributed by atoms with Crippen molar-refractivity contribution in [2.24, 2.45) is 5.92 Å². The third-order valence-corrected chi connectivity index (χ3v) is 2.75. The summed E-state index contributed by atoms with van der Waals surface area (Å²) >= 11 is 0. The monoisotopic (exact) mass is 267 g/mol. The predicted molar refractivity (Wildman–Crippen MR) is 68.6 cm³/mol. The summed E-state index contributed by atoms with van der Waals surface area (Å²) in [5.41, 5.74) is 0.582. The molecule has 0 bridgehead atoms. The van der Waals surface area contributed by atoms with E-state index >= 15 is 0 Å². The van der Waals surface area contributed by atoms with Gasteiger partial charge in [0.25, 0.3) is 5.69 Å². The summed E-state index contributed by atoms with van der Waals surface area (Å²) in [5.74, 6) is -1.22. The summed E-state index contributed by atoms with van der Waals surface area (Å²) in [6, 6.07) is 6.01. The lowest BCUT2D eigenvalue weighted by Gasteiger charge is -2.18. The van der Waals surface area contributed by atoms with Crippen LogP contribution in [0.4, 0.5) is 5.69 Å². The van der Waals surface area contributed by atoms with Gasteiger partial charge in [0.05, 0.1) is 23.6 Å². The Labute approximate surface area is 111 Å². The lowest BCUT2D eigenvalue weighted by Crippen LogP contribution is -2.29. The number of rotatable bonds is 6. The normalized spacial score (nSPS) is 13.6. The van der Waals surface area contributed by atoms with Crippen LogP contribution in [0.5, 0.6) is 0 Å². The van der Waals surface area contributed by atoms with Gasteiger partial charge in [0, 0.05) is 12.1 Å². The number of nitro groups is 1. The number of nitro benzene ring substituents is 1. The average Bonchev–Trinajstić information content (AvgIpc) is 2.36. The molecular formula is C13H17NO5. The molecule has 0 aliphatic carbocycles. The molecule has 6 nitrogen and oxygen atoms in total. The number of non-ortho nitro benzene ring substituents is 1. The molecule has 19 heavy (non-hydrogen) atoms. The maximum Gasteiger partial charge on any atom is 0.311 e. The molecule has 0 aromatic heterocycles. The van der Waals surface area contributed by atoms with Crippen LogP contribution in [0, 0.1) is 16.0 Å². The molecule has 0 saturated heterocycles. The van der Waals surface area contributed by atoms with Gasteiger partial charge in [0.1, 0.15) is 0 Å². The first kappa shape index (κ1) is 15.1. The maximum atomic E-state index is 11.7. The van der Waals surface area contributed by atoms with Gasteiger partial charge < -0.3 is 9.84 Å². The minimum absolute atomic E-state index is 0.0364. The van der Waals surface area contributed by atoms with Crippen LogP contribution in [-0.4, -0.2) is 28.7 Å². The zero-order valence-corrected chi connectivity index (χ0v) is 10.9. The Hall–Kier alpha value is -1.95. The molecule has 1 N–H and O–H groups in total. The van der Waals surface area contributed by atoms with E-state index in [2.05, 4.69) is 0 Å². The summed E-state index contributed by atoms with van der Waals surface area (Å²) in [5, 5.41) is 20.3. The number of hydrogen-bond donors (Lipinski definition) is 1. The minimum Gasteiger partial charge on any atom is -0.466 e. The van der Waals surface area contributed by atoms with Gasteiger partial charge in [-0.3, -0.25) is 14.9 Å². The SMILES string of the molecule is CCOC(=O)C(Cc1cccc([N+](=O)[O-])c1)C(C)O. The molecule has 0 heterocycles. The summed E-state index contributed by atoms with van der Waals surface area (Å²) in [6.45, 7) is 3.42. The van der Waals surface area contributed by atoms with Crippen LogP contribution in [0.25, 0.3) is 0 Å². The molecule has 0 saturated carbocycles. The molecule has 104 valence electrons. The van der Waals surface area contributed by atoms with Crippen molar-refractivity contribution < 1.29 is 19.6 Å². The van der Waals surface area contributed by atoms with E-state index in [0.29, 0.717) is 5.56 Å². The summed E-state index contributed by atoms with van der Waals surface area (Å²) in [7, 11) is 0. The molecule has 0 spiro atoms. The highest BCUT2D eigenvalue weighted by atomic mass is 16.6. The molecular weight excluding hydrogens is 250 g/mol. The second-order valence-electron chi connectivity index (χ2n) is 4.23. The third kappa shape index (κ3) is 4.33. The fraction of sp³-hybridized carbons (Fsp3) is 0.462. The van der Waals surface area contributed by atoms with Crippen LogP contribution in [0.1, 0.15) is 19.4 Å². The summed E-state index contributed by atoms with van der Waals surface area (Å²) in [4.78, 5) is 21.9. The number of aliphatic hydroxyl groups is 1. The van der Waals surface area contributed by atoms with Gasteiger partial charge in [-0.25, -0.2) is 0 Å². The van der Waals surface area contributed by atoms with Gasteiger partial charge in [-0.2, -0.15) is 0 Å². The van der Waals surface area contributed by atoms with Crippen molar-refractivity contribution in [3.05, 3.63) is 39.9 Å². The number of hydrogen-bond acceptors (Lipinski definition) is 5. The molecule has 1 aromatic rings. The van der Waals surface area contributed by atoms with Crippen molar-refractivity contribution in [3.63, 3.8) is 0 Å². The van der Waals surface area contributed by atoms with Crippen molar-refractivity contribution >= 4 is 11.7 Å². The molecule has 0 aliphatic heterocycles. The standard InChI is InChI=1S/C13H17NO5/c1-3-19-13(16)12(9(2)15)8-10-5-4-6-11(7-10)14(17)18/h4-7,9,12,15H,3,8H2,1-2H3. The zero-order valence-electron chi connectivity index (χ0n) is 10.9. The van der Waals surface area contributed by atoms with Gasteiger partial charge in [0.15, 0.2) is 0 Å². The topological polar surface area (TPSA) is 89.7 Å². The van der Waals surface area contributed by atoms with E-state index in [9.17, 15) is 20.0 Å². The molecule has 0 radical (unpaired) electrons. The predicted octanol–water partition coefficient (Wildman–Crippen LogP) is 1.70. The fourth-order valence-electron chi connectivity index (χ4n) is 1.75. The highest BCUT2D eigenvalue weighted by molar-refractivity contribution is 5.73. The maximum absolute atomic E-state index is 11.7. The molecule has 2 atom stereocenters. The third-order valence-electron chi connectivity index (χ3n) is 2.75. The number of aliphatic hydroxyl groups excluding tert-OH is 1. The Bertz CT molecular complexity index is 458. The van der Waals surface area contributed by atoms with Crippen molar-refractivity contribution in [3.8, 4) is 0 Å². The highest BCUT2D eigenvalue weighted by Crippen LogP contribution is 2.19. The first-order valence-corrected chi connectivity index (χ1v) is 6.03. The van der Waals surface area contributed by atoms with E-state index in [0.717, 1.165) is 0 Å². The first-order chi connectivity index (χ1) is 8.95. The van der Waals surface area contributed by atoms with Crippen molar-refractivity contribution in [1.82, 2.24) is 0 Å². The largest absolute Gasteiger partial charge is 0.466 e. The second-order valence-corrected chi connectivity index (χ2v) is 4.23. The Morgan fingerprint density at radius 2 is 2.21 bits per heavy atom. The van der Waals surface area contributed by atoms with Crippen LogP contribution >= 0.6 is 0 Å². The number of benzene rings is 1. The van der Waals surface area contributed by atoms with E-state index in [1.54, 1.807) is 19.1 Å². The Morgan fingerprint density at radius 1 is 1.53 bits per heavy atom. The van der Waals surface area contributed by atoms with E-state index in [1.807, 2.05) is 0 Å². The smallest absolute Gasteiger partial charge is 0.311 e. The number of esters is 1. The van der Waals surface area contributed by atoms with Gasteiger partial charge >= 0.3 is 5.97 Å². The molecule has 0 fully saturated rings. The van der Waals surface area contributed by atoms with Crippen LogP contribution in [0.15, 0.2) is 24.3 Å². The highest BCUT2D eigenvalue weighted by Gasteiger charge is 2.25. The quantitative estimate of drug-likeness (QED) is 0.481. The number of nitrogens with zero attached hydrogens (tertiary/aromatic N) is 1. The first-order valence-electron chi connectivity index (χ1n) is 6.03. The molecule has 1 rings (SSSR count). The molecule has 1 aromatic carbocycles. The van der Waals surface area contributed by atoms with Crippen molar-refractivity contribution in [2.45, 2.75) is 26.4 Å². The van der Waals surface area contributed by atoms with Gasteiger partial charge in [0.2, 0.25) is 0 Å². The minimum atomic E-state index is -0.877. The van der Waals surface area contributed by atoms with E-state index in [1.165, 1.54) is 19.1 Å². The van der Waals surface area contributed by atoms with E-state index in [4.69, 9.17) is 4.74 Å². The van der Waals surface area contributed by atoms with Gasteiger partial charge in [-0.1, -0.05) is 12.1 Å². The molecule has 0 aliphatic rings. The van der Waals surface area contributed by atoms with E-state index < -0.39 is 22.9 Å². The zero-order chi connectivity index (χ0) is 14.4. The van der Waals surface area contributed by atoms with E-state index in [-0.39, 0.29) is 18.7 Å². The van der Waals surface area contributed by atoms with Gasteiger partial charge in [-0.15, -0.1) is 0 Å². The second kappa shape index (κ2) is 6.84. The number of ether oxygens (including phenoxy) is 1. The van der Waals surface area contributed by atoms with Crippen molar-refractivity contribution in [1.29, 1.82) is 0 Å².